The first-order chi connectivity index (χ1) is 5.24. The number of nitrogens with zero attached hydrogens (tertiary/aromatic N) is 2. The van der Waals surface area contributed by atoms with Crippen molar-refractivity contribution in [1.29, 1.82) is 0 Å². The predicted octanol–water partition coefficient (Wildman–Crippen LogP) is 1.87. The molecule has 0 amide bonds. The molecule has 0 saturated carbocycles. The Morgan fingerprint density at radius 2 is 2.36 bits per heavy atom. The smallest absolute Gasteiger partial charge is 0.142 e. The van der Waals surface area contributed by atoms with E-state index in [0.29, 0.717) is 11.3 Å². The summed E-state index contributed by atoms with van der Waals surface area (Å²) in [6, 6.07) is 1.36. The third kappa shape index (κ3) is 2.01. The van der Waals surface area contributed by atoms with Crippen molar-refractivity contribution in [1.82, 2.24) is 4.98 Å². The molecule has 4 heteroatoms. The van der Waals surface area contributed by atoms with Crippen molar-refractivity contribution in [2.45, 2.75) is 6.92 Å². The fraction of sp³-hybridized carbons (Fsp3) is 0.143. The van der Waals surface area contributed by atoms with Crippen molar-refractivity contribution < 1.29 is 4.39 Å². The van der Waals surface area contributed by atoms with Crippen LogP contribution >= 0.6 is 12.8 Å². The van der Waals surface area contributed by atoms with Crippen molar-refractivity contribution >= 4 is 18.5 Å². The van der Waals surface area contributed by atoms with Gasteiger partial charge in [0, 0.05) is 11.8 Å². The van der Waals surface area contributed by atoms with Crippen LogP contribution in [0.2, 0.25) is 0 Å². The maximum absolute atomic E-state index is 12.5. The number of hydrogen-bond donors (Lipinski definition) is 1. The fourth-order valence-electron chi connectivity index (χ4n) is 0.667. The van der Waals surface area contributed by atoms with Crippen molar-refractivity contribution in [2.75, 3.05) is 0 Å². The second kappa shape index (κ2) is 3.48. The van der Waals surface area contributed by atoms with Gasteiger partial charge in [0.05, 0.1) is 11.9 Å². The van der Waals surface area contributed by atoms with Crippen molar-refractivity contribution in [2.24, 2.45) is 4.40 Å². The van der Waals surface area contributed by atoms with Crippen LogP contribution in [0.1, 0.15) is 12.5 Å². The average Bonchev–Trinajstić information content (AvgIpc) is 2.03. The molecule has 0 aliphatic heterocycles. The van der Waals surface area contributed by atoms with Gasteiger partial charge in [-0.3, -0.25) is 4.98 Å². The first-order valence-corrected chi connectivity index (χ1v) is 3.43. The van der Waals surface area contributed by atoms with E-state index in [9.17, 15) is 4.39 Å². The van der Waals surface area contributed by atoms with Crippen LogP contribution in [0.3, 0.4) is 0 Å². The Labute approximate surface area is 69.7 Å². The number of pyridine rings is 1. The van der Waals surface area contributed by atoms with E-state index in [1.165, 1.54) is 12.3 Å². The molecule has 0 saturated heterocycles. The molecule has 1 aromatic heterocycles. The Morgan fingerprint density at radius 1 is 1.64 bits per heavy atom. The molecule has 0 aromatic carbocycles. The maximum atomic E-state index is 12.5. The molecule has 0 bridgehead atoms. The van der Waals surface area contributed by atoms with Crippen molar-refractivity contribution in [3.05, 3.63) is 29.8 Å². The quantitative estimate of drug-likeness (QED) is 0.505. The fourth-order valence-corrected chi connectivity index (χ4v) is 0.783. The third-order valence-corrected chi connectivity index (χ3v) is 1.57. The summed E-state index contributed by atoms with van der Waals surface area (Å²) in [5, 5.41) is 0. The van der Waals surface area contributed by atoms with Crippen LogP contribution in [-0.4, -0.2) is 10.7 Å². The van der Waals surface area contributed by atoms with Gasteiger partial charge in [-0.15, -0.1) is 0 Å². The molecule has 11 heavy (non-hydrogen) atoms. The number of thiol groups is 1. The van der Waals surface area contributed by atoms with Crippen LogP contribution in [-0.2, 0) is 0 Å². The van der Waals surface area contributed by atoms with Gasteiger partial charge >= 0.3 is 0 Å². The van der Waals surface area contributed by atoms with E-state index in [1.54, 1.807) is 6.92 Å². The molecular formula is C7H7FN2S. The minimum atomic E-state index is -0.362. The molecule has 0 unspecified atom stereocenters. The third-order valence-electron chi connectivity index (χ3n) is 1.27. The van der Waals surface area contributed by atoms with E-state index < -0.39 is 0 Å². The number of hydrogen-bond acceptors (Lipinski definition) is 3. The second-order valence-corrected chi connectivity index (χ2v) is 2.28. The Hall–Kier alpha value is -0.900. The van der Waals surface area contributed by atoms with E-state index in [1.807, 2.05) is 0 Å². The molecule has 58 valence electrons. The SMILES string of the molecule is C/C(=N\S)c1cncc(F)c1. The summed E-state index contributed by atoms with van der Waals surface area (Å²) < 4.78 is 16.1. The van der Waals surface area contributed by atoms with Gasteiger partial charge in [-0.2, -0.15) is 0 Å². The highest BCUT2D eigenvalue weighted by Crippen LogP contribution is 2.02. The summed E-state index contributed by atoms with van der Waals surface area (Å²) in [5.74, 6) is -0.362. The normalized spacial score (nSPS) is 11.7. The van der Waals surface area contributed by atoms with Crippen LogP contribution < -0.4 is 0 Å². The monoisotopic (exact) mass is 170 g/mol. The lowest BCUT2D eigenvalue weighted by molar-refractivity contribution is 0.621. The van der Waals surface area contributed by atoms with Crippen LogP contribution in [0.15, 0.2) is 22.9 Å². The highest BCUT2D eigenvalue weighted by Gasteiger charge is 1.97. The summed E-state index contributed by atoms with van der Waals surface area (Å²) in [4.78, 5) is 3.66. The van der Waals surface area contributed by atoms with Gasteiger partial charge in [0.1, 0.15) is 5.82 Å². The molecule has 1 aromatic rings. The molecular weight excluding hydrogens is 163 g/mol. The summed E-state index contributed by atoms with van der Waals surface area (Å²) in [6.45, 7) is 1.74. The molecule has 0 aliphatic rings. The maximum Gasteiger partial charge on any atom is 0.142 e. The van der Waals surface area contributed by atoms with Gasteiger partial charge in [0.2, 0.25) is 0 Å². The largest absolute Gasteiger partial charge is 0.261 e. The Kier molecular flexibility index (Phi) is 2.59. The molecule has 1 heterocycles. The molecule has 0 radical (unpaired) electrons. The lowest BCUT2D eigenvalue weighted by atomic mass is 10.2. The van der Waals surface area contributed by atoms with E-state index in [-0.39, 0.29) is 5.82 Å². The highest BCUT2D eigenvalue weighted by molar-refractivity contribution is 7.79. The average molecular weight is 170 g/mol. The van der Waals surface area contributed by atoms with E-state index >= 15 is 0 Å². The number of rotatable bonds is 1. The second-order valence-electron chi connectivity index (χ2n) is 2.08. The standard InChI is InChI=1S/C7H7FN2S/c1-5(10-11)6-2-7(8)4-9-3-6/h2-4,11H,1H3/b10-5+. The van der Waals surface area contributed by atoms with E-state index in [0.717, 1.165) is 6.20 Å². The lowest BCUT2D eigenvalue weighted by Crippen LogP contribution is -1.94. The van der Waals surface area contributed by atoms with Gasteiger partial charge in [0.15, 0.2) is 0 Å². The molecule has 0 spiro atoms. The minimum absolute atomic E-state index is 0.362. The summed E-state index contributed by atoms with van der Waals surface area (Å²) in [6.07, 6.45) is 2.69. The number of aromatic nitrogens is 1. The first-order valence-electron chi connectivity index (χ1n) is 3.03. The number of halogens is 1. The molecule has 2 nitrogen and oxygen atoms in total. The van der Waals surface area contributed by atoms with Gasteiger partial charge in [0.25, 0.3) is 0 Å². The minimum Gasteiger partial charge on any atom is -0.261 e. The predicted molar refractivity (Wildman–Crippen MR) is 45.4 cm³/mol. The Bertz CT molecular complexity index is 286. The highest BCUT2D eigenvalue weighted by atomic mass is 32.1. The zero-order chi connectivity index (χ0) is 8.27. The summed E-state index contributed by atoms with van der Waals surface area (Å²) in [5.41, 5.74) is 1.31. The van der Waals surface area contributed by atoms with E-state index in [2.05, 4.69) is 22.2 Å². The molecule has 0 atom stereocenters. The Morgan fingerprint density at radius 3 is 2.91 bits per heavy atom. The molecule has 0 fully saturated rings. The first kappa shape index (κ1) is 8.20. The molecule has 0 aliphatic carbocycles. The van der Waals surface area contributed by atoms with E-state index in [4.69, 9.17) is 0 Å². The van der Waals surface area contributed by atoms with Gasteiger partial charge < -0.3 is 0 Å². The van der Waals surface area contributed by atoms with Crippen LogP contribution in [0.4, 0.5) is 4.39 Å². The van der Waals surface area contributed by atoms with Crippen LogP contribution in [0, 0.1) is 5.82 Å². The molecule has 1 rings (SSSR count). The zero-order valence-corrected chi connectivity index (χ0v) is 6.85. The van der Waals surface area contributed by atoms with Gasteiger partial charge in [-0.1, -0.05) is 0 Å². The molecule has 0 N–H and O–H groups in total. The van der Waals surface area contributed by atoms with Crippen LogP contribution in [0.5, 0.6) is 0 Å². The van der Waals surface area contributed by atoms with Gasteiger partial charge in [-0.25, -0.2) is 8.79 Å². The topological polar surface area (TPSA) is 25.2 Å². The lowest BCUT2D eigenvalue weighted by Gasteiger charge is -1.96. The van der Waals surface area contributed by atoms with Crippen molar-refractivity contribution in [3.8, 4) is 0 Å². The van der Waals surface area contributed by atoms with Gasteiger partial charge in [-0.05, 0) is 25.8 Å². The summed E-state index contributed by atoms with van der Waals surface area (Å²) >= 11 is 3.70. The van der Waals surface area contributed by atoms with Crippen LogP contribution in [0.25, 0.3) is 0 Å². The Balaban J connectivity index is 3.06. The zero-order valence-electron chi connectivity index (χ0n) is 5.95. The summed E-state index contributed by atoms with van der Waals surface area (Å²) in [7, 11) is 0. The van der Waals surface area contributed by atoms with Crippen molar-refractivity contribution in [3.63, 3.8) is 0 Å².